The van der Waals surface area contributed by atoms with Crippen molar-refractivity contribution < 1.29 is 17.9 Å². The fraction of sp³-hybridized carbons (Fsp3) is 0.143. The van der Waals surface area contributed by atoms with Crippen molar-refractivity contribution >= 4 is 27.5 Å². The summed E-state index contributed by atoms with van der Waals surface area (Å²) in [5.74, 6) is 0.358. The van der Waals surface area contributed by atoms with E-state index in [9.17, 15) is 13.2 Å². The van der Waals surface area contributed by atoms with Crippen molar-refractivity contribution in [1.29, 1.82) is 0 Å². The molecule has 0 saturated heterocycles. The molecule has 106 valence electrons. The molecule has 2 rings (SSSR count). The Morgan fingerprint density at radius 2 is 1.70 bits per heavy atom. The van der Waals surface area contributed by atoms with Gasteiger partial charge in [0, 0.05) is 15.1 Å². The van der Waals surface area contributed by atoms with Crippen molar-refractivity contribution in [3.63, 3.8) is 0 Å². The monoisotopic (exact) mass is 364 g/mol. The molecule has 0 atom stereocenters. The molecule has 0 amide bonds. The van der Waals surface area contributed by atoms with Gasteiger partial charge in [0.05, 0.1) is 5.56 Å². The first-order valence-corrected chi connectivity index (χ1v) is 6.77. The first-order chi connectivity index (χ1) is 9.36. The van der Waals surface area contributed by atoms with Gasteiger partial charge in [-0.1, -0.05) is 33.6 Å². The average Bonchev–Trinajstić information content (AvgIpc) is 2.37. The van der Waals surface area contributed by atoms with Crippen LogP contribution in [0.3, 0.4) is 0 Å². The maximum Gasteiger partial charge on any atom is 0.416 e. The summed E-state index contributed by atoms with van der Waals surface area (Å²) in [6.07, 6.45) is -4.34. The van der Waals surface area contributed by atoms with Crippen LogP contribution >= 0.6 is 27.5 Å². The molecule has 0 aliphatic carbocycles. The van der Waals surface area contributed by atoms with Crippen LogP contribution in [-0.4, -0.2) is 0 Å². The second-order valence-electron chi connectivity index (χ2n) is 4.05. The zero-order chi connectivity index (χ0) is 14.8. The molecule has 2 aromatic carbocycles. The molecule has 20 heavy (non-hydrogen) atoms. The van der Waals surface area contributed by atoms with Gasteiger partial charge in [0.25, 0.3) is 0 Å². The molecule has 6 heteroatoms. The molecule has 0 N–H and O–H groups in total. The van der Waals surface area contributed by atoms with Crippen LogP contribution in [0.2, 0.25) is 5.02 Å². The van der Waals surface area contributed by atoms with Crippen molar-refractivity contribution in [3.05, 3.63) is 63.1 Å². The maximum atomic E-state index is 12.4. The highest BCUT2D eigenvalue weighted by Crippen LogP contribution is 2.30. The van der Waals surface area contributed by atoms with Crippen LogP contribution in [0.1, 0.15) is 11.1 Å². The predicted molar refractivity (Wildman–Crippen MR) is 74.9 cm³/mol. The third-order valence-electron chi connectivity index (χ3n) is 2.59. The highest BCUT2D eigenvalue weighted by molar-refractivity contribution is 9.10. The Labute approximate surface area is 127 Å². The summed E-state index contributed by atoms with van der Waals surface area (Å²) in [4.78, 5) is 0. The molecule has 0 aromatic heterocycles. The Bertz CT molecular complexity index is 596. The minimum Gasteiger partial charge on any atom is -0.489 e. The van der Waals surface area contributed by atoms with Crippen molar-refractivity contribution in [2.24, 2.45) is 0 Å². The Morgan fingerprint density at radius 1 is 1.05 bits per heavy atom. The predicted octanol–water partition coefficient (Wildman–Crippen LogP) is 5.70. The largest absolute Gasteiger partial charge is 0.489 e. The minimum absolute atomic E-state index is 0.192. The molecule has 0 unspecified atom stereocenters. The summed E-state index contributed by atoms with van der Waals surface area (Å²) < 4.78 is 43.5. The number of hydrogen-bond donors (Lipinski definition) is 0. The SMILES string of the molecule is FC(F)(F)c1ccc(OCc2ccc(Br)cc2Cl)cc1. The lowest BCUT2D eigenvalue weighted by Crippen LogP contribution is -2.04. The molecular formula is C14H9BrClF3O. The fourth-order valence-electron chi connectivity index (χ4n) is 1.54. The quantitative estimate of drug-likeness (QED) is 0.678. The summed E-state index contributed by atoms with van der Waals surface area (Å²) >= 11 is 9.31. The van der Waals surface area contributed by atoms with E-state index in [1.165, 1.54) is 12.1 Å². The number of halogens is 5. The molecule has 0 aliphatic heterocycles. The van der Waals surface area contributed by atoms with Crippen LogP contribution < -0.4 is 4.74 Å². The summed E-state index contributed by atoms with van der Waals surface area (Å²) in [7, 11) is 0. The molecule has 2 aromatic rings. The van der Waals surface area contributed by atoms with Gasteiger partial charge >= 0.3 is 6.18 Å². The van der Waals surface area contributed by atoms with E-state index >= 15 is 0 Å². The van der Waals surface area contributed by atoms with Crippen LogP contribution in [0.15, 0.2) is 46.9 Å². The molecular weight excluding hydrogens is 357 g/mol. The van der Waals surface area contributed by atoms with Crippen molar-refractivity contribution in [1.82, 2.24) is 0 Å². The summed E-state index contributed by atoms with van der Waals surface area (Å²) in [5, 5.41) is 0.534. The Kier molecular flexibility index (Phi) is 4.60. The first kappa shape index (κ1) is 15.2. The van der Waals surface area contributed by atoms with Gasteiger partial charge in [-0.15, -0.1) is 0 Å². The Morgan fingerprint density at radius 3 is 2.25 bits per heavy atom. The lowest BCUT2D eigenvalue weighted by atomic mass is 10.2. The van der Waals surface area contributed by atoms with Crippen LogP contribution in [0, 0.1) is 0 Å². The third-order valence-corrected chi connectivity index (χ3v) is 3.44. The van der Waals surface area contributed by atoms with Gasteiger partial charge in [-0.3, -0.25) is 0 Å². The van der Waals surface area contributed by atoms with E-state index in [4.69, 9.17) is 16.3 Å². The van der Waals surface area contributed by atoms with Gasteiger partial charge in [0.15, 0.2) is 0 Å². The lowest BCUT2D eigenvalue weighted by molar-refractivity contribution is -0.137. The molecule has 0 bridgehead atoms. The Hall–Kier alpha value is -1.20. The van der Waals surface area contributed by atoms with Gasteiger partial charge in [-0.25, -0.2) is 0 Å². The molecule has 0 heterocycles. The summed E-state index contributed by atoms with van der Waals surface area (Å²) in [6, 6.07) is 9.88. The third kappa shape index (κ3) is 3.90. The van der Waals surface area contributed by atoms with Crippen molar-refractivity contribution in [3.8, 4) is 5.75 Å². The molecule has 0 spiro atoms. The molecule has 1 nitrogen and oxygen atoms in total. The summed E-state index contributed by atoms with van der Waals surface area (Å²) in [5.41, 5.74) is 0.0567. The molecule has 0 fully saturated rings. The lowest BCUT2D eigenvalue weighted by Gasteiger charge is -2.10. The molecule has 0 saturated carbocycles. The van der Waals surface area contributed by atoms with E-state index in [1.807, 2.05) is 6.07 Å². The van der Waals surface area contributed by atoms with Crippen LogP contribution in [-0.2, 0) is 12.8 Å². The number of hydrogen-bond acceptors (Lipinski definition) is 1. The number of ether oxygens (including phenoxy) is 1. The topological polar surface area (TPSA) is 9.23 Å². The number of rotatable bonds is 3. The normalized spacial score (nSPS) is 11.4. The zero-order valence-electron chi connectivity index (χ0n) is 10.0. The molecule has 0 radical (unpaired) electrons. The summed E-state index contributed by atoms with van der Waals surface area (Å²) in [6.45, 7) is 0.192. The van der Waals surface area contributed by atoms with Crippen LogP contribution in [0.5, 0.6) is 5.75 Å². The van der Waals surface area contributed by atoms with E-state index in [0.717, 1.165) is 22.2 Å². The van der Waals surface area contributed by atoms with Crippen molar-refractivity contribution in [2.75, 3.05) is 0 Å². The average molecular weight is 366 g/mol. The van der Waals surface area contributed by atoms with Gasteiger partial charge in [-0.2, -0.15) is 13.2 Å². The zero-order valence-corrected chi connectivity index (χ0v) is 12.4. The van der Waals surface area contributed by atoms with E-state index < -0.39 is 11.7 Å². The Balaban J connectivity index is 2.04. The number of benzene rings is 2. The van der Waals surface area contributed by atoms with Crippen LogP contribution in [0.25, 0.3) is 0 Å². The standard InChI is InChI=1S/C14H9BrClF3O/c15-11-4-1-9(13(16)7-11)8-20-12-5-2-10(3-6-12)14(17,18)19/h1-7H,8H2. The van der Waals surface area contributed by atoms with Crippen LogP contribution in [0.4, 0.5) is 13.2 Å². The molecule has 0 aliphatic rings. The van der Waals surface area contributed by atoms with E-state index in [2.05, 4.69) is 15.9 Å². The van der Waals surface area contributed by atoms with E-state index in [-0.39, 0.29) is 6.61 Å². The number of alkyl halides is 3. The van der Waals surface area contributed by atoms with Crippen molar-refractivity contribution in [2.45, 2.75) is 12.8 Å². The fourth-order valence-corrected chi connectivity index (χ4v) is 2.27. The maximum absolute atomic E-state index is 12.4. The van der Waals surface area contributed by atoms with Gasteiger partial charge < -0.3 is 4.74 Å². The highest BCUT2D eigenvalue weighted by Gasteiger charge is 2.29. The minimum atomic E-state index is -4.34. The first-order valence-electron chi connectivity index (χ1n) is 5.60. The van der Waals surface area contributed by atoms with E-state index in [0.29, 0.717) is 10.8 Å². The van der Waals surface area contributed by atoms with E-state index in [1.54, 1.807) is 12.1 Å². The van der Waals surface area contributed by atoms with Gasteiger partial charge in [0.2, 0.25) is 0 Å². The van der Waals surface area contributed by atoms with Gasteiger partial charge in [-0.05, 0) is 36.4 Å². The highest BCUT2D eigenvalue weighted by atomic mass is 79.9. The van der Waals surface area contributed by atoms with Gasteiger partial charge in [0.1, 0.15) is 12.4 Å². The second kappa shape index (κ2) is 6.06. The smallest absolute Gasteiger partial charge is 0.416 e. The second-order valence-corrected chi connectivity index (χ2v) is 5.37.